The van der Waals surface area contributed by atoms with Gasteiger partial charge in [-0.3, -0.25) is 4.79 Å². The van der Waals surface area contributed by atoms with E-state index >= 15 is 0 Å². The van der Waals surface area contributed by atoms with Gasteiger partial charge in [-0.15, -0.1) is 0 Å². The standard InChI is InChI=1S/C16H14BrClN2O/c1-19-16(11-3-2-4-12(17)15(11)18)9-5-6-13-10(7-9)8-14(21)20-13/h2-7,16,19H,8H2,1H3,(H,20,21). The maximum Gasteiger partial charge on any atom is 0.228 e. The number of benzene rings is 2. The Labute approximate surface area is 136 Å². The van der Waals surface area contributed by atoms with E-state index in [1.807, 2.05) is 37.4 Å². The Balaban J connectivity index is 2.03. The molecule has 2 aromatic carbocycles. The highest BCUT2D eigenvalue weighted by molar-refractivity contribution is 9.10. The normalized spacial score (nSPS) is 14.7. The molecule has 21 heavy (non-hydrogen) atoms. The number of hydrogen-bond acceptors (Lipinski definition) is 2. The Kier molecular flexibility index (Phi) is 4.02. The Morgan fingerprint density at radius 2 is 2.14 bits per heavy atom. The lowest BCUT2D eigenvalue weighted by atomic mass is 9.96. The van der Waals surface area contributed by atoms with Gasteiger partial charge in [0.15, 0.2) is 0 Å². The van der Waals surface area contributed by atoms with Crippen molar-refractivity contribution in [2.75, 3.05) is 12.4 Å². The zero-order valence-electron chi connectivity index (χ0n) is 11.4. The molecule has 0 fully saturated rings. The highest BCUT2D eigenvalue weighted by Crippen LogP contribution is 2.35. The van der Waals surface area contributed by atoms with Gasteiger partial charge in [-0.05, 0) is 51.8 Å². The van der Waals surface area contributed by atoms with Crippen molar-refractivity contribution < 1.29 is 4.79 Å². The predicted octanol–water partition coefficient (Wildman–Crippen LogP) is 3.91. The van der Waals surface area contributed by atoms with Crippen LogP contribution in [0.2, 0.25) is 5.02 Å². The molecule has 0 aliphatic carbocycles. The van der Waals surface area contributed by atoms with Crippen LogP contribution in [0.3, 0.4) is 0 Å². The van der Waals surface area contributed by atoms with Gasteiger partial charge in [0.1, 0.15) is 0 Å². The number of anilines is 1. The number of halogens is 2. The Morgan fingerprint density at radius 1 is 1.33 bits per heavy atom. The summed E-state index contributed by atoms with van der Waals surface area (Å²) in [5.74, 6) is 0.0450. The molecular formula is C16H14BrClN2O. The second-order valence-corrected chi connectivity index (χ2v) is 6.24. The quantitative estimate of drug-likeness (QED) is 0.866. The monoisotopic (exact) mass is 364 g/mol. The van der Waals surface area contributed by atoms with Crippen molar-refractivity contribution in [1.29, 1.82) is 0 Å². The smallest absolute Gasteiger partial charge is 0.228 e. The molecule has 2 N–H and O–H groups in total. The third-order valence-corrected chi connectivity index (χ3v) is 4.98. The summed E-state index contributed by atoms with van der Waals surface area (Å²) in [5, 5.41) is 6.84. The van der Waals surface area contributed by atoms with Crippen LogP contribution in [0.1, 0.15) is 22.7 Å². The molecule has 1 heterocycles. The van der Waals surface area contributed by atoms with Crippen LogP contribution in [-0.2, 0) is 11.2 Å². The van der Waals surface area contributed by atoms with Gasteiger partial charge < -0.3 is 10.6 Å². The first-order valence-corrected chi connectivity index (χ1v) is 7.81. The molecule has 0 saturated carbocycles. The number of fused-ring (bicyclic) bond motifs is 1. The Bertz CT molecular complexity index is 717. The first kappa shape index (κ1) is 14.6. The van der Waals surface area contributed by atoms with Crippen LogP contribution in [0.25, 0.3) is 0 Å². The minimum atomic E-state index is -0.0176. The largest absolute Gasteiger partial charge is 0.326 e. The molecule has 108 valence electrons. The van der Waals surface area contributed by atoms with Gasteiger partial charge in [0, 0.05) is 10.2 Å². The molecule has 0 spiro atoms. The Morgan fingerprint density at radius 3 is 2.90 bits per heavy atom. The number of amides is 1. The van der Waals surface area contributed by atoms with Crippen molar-refractivity contribution in [3.05, 3.63) is 62.6 Å². The van der Waals surface area contributed by atoms with Gasteiger partial charge in [-0.2, -0.15) is 0 Å². The van der Waals surface area contributed by atoms with E-state index in [2.05, 4.69) is 32.6 Å². The summed E-state index contributed by atoms with van der Waals surface area (Å²) in [6.45, 7) is 0. The van der Waals surface area contributed by atoms with Crippen LogP contribution >= 0.6 is 27.5 Å². The topological polar surface area (TPSA) is 41.1 Å². The zero-order chi connectivity index (χ0) is 15.0. The van der Waals surface area contributed by atoms with E-state index in [-0.39, 0.29) is 11.9 Å². The summed E-state index contributed by atoms with van der Waals surface area (Å²) in [5.41, 5.74) is 4.03. The van der Waals surface area contributed by atoms with Gasteiger partial charge in [0.2, 0.25) is 5.91 Å². The molecule has 1 aliphatic heterocycles. The predicted molar refractivity (Wildman–Crippen MR) is 88.8 cm³/mol. The van der Waals surface area contributed by atoms with Crippen molar-refractivity contribution in [3.8, 4) is 0 Å². The number of carbonyl (C=O) groups is 1. The van der Waals surface area contributed by atoms with E-state index in [9.17, 15) is 4.79 Å². The van der Waals surface area contributed by atoms with E-state index in [0.29, 0.717) is 11.4 Å². The summed E-state index contributed by atoms with van der Waals surface area (Å²) in [7, 11) is 1.90. The van der Waals surface area contributed by atoms with Crippen LogP contribution in [0, 0.1) is 0 Å². The molecule has 3 nitrogen and oxygen atoms in total. The van der Waals surface area contributed by atoms with Crippen molar-refractivity contribution in [1.82, 2.24) is 5.32 Å². The van der Waals surface area contributed by atoms with Gasteiger partial charge in [0.05, 0.1) is 17.5 Å². The summed E-state index contributed by atoms with van der Waals surface area (Å²) < 4.78 is 0.875. The number of rotatable bonds is 3. The molecule has 2 aromatic rings. The average molecular weight is 366 g/mol. The van der Waals surface area contributed by atoms with E-state index in [0.717, 1.165) is 26.9 Å². The second kappa shape index (κ2) is 5.79. The van der Waals surface area contributed by atoms with Gasteiger partial charge in [-0.25, -0.2) is 0 Å². The van der Waals surface area contributed by atoms with Crippen LogP contribution in [0.5, 0.6) is 0 Å². The summed E-state index contributed by atoms with van der Waals surface area (Å²) in [4.78, 5) is 11.5. The third-order valence-electron chi connectivity index (χ3n) is 3.67. The molecule has 1 unspecified atom stereocenters. The molecule has 0 aromatic heterocycles. The van der Waals surface area contributed by atoms with E-state index in [1.165, 1.54) is 0 Å². The maximum atomic E-state index is 11.5. The highest BCUT2D eigenvalue weighted by atomic mass is 79.9. The highest BCUT2D eigenvalue weighted by Gasteiger charge is 2.21. The van der Waals surface area contributed by atoms with Gasteiger partial charge in [0.25, 0.3) is 0 Å². The van der Waals surface area contributed by atoms with E-state index in [1.54, 1.807) is 0 Å². The molecule has 1 aliphatic rings. The maximum absolute atomic E-state index is 11.5. The van der Waals surface area contributed by atoms with Crippen molar-refractivity contribution in [3.63, 3.8) is 0 Å². The molecule has 0 bridgehead atoms. The fraction of sp³-hybridized carbons (Fsp3) is 0.188. The summed E-state index contributed by atoms with van der Waals surface area (Å²) >= 11 is 9.86. The number of hydrogen-bond donors (Lipinski definition) is 2. The van der Waals surface area contributed by atoms with Crippen LogP contribution in [-0.4, -0.2) is 13.0 Å². The molecule has 0 saturated heterocycles. The van der Waals surface area contributed by atoms with Gasteiger partial charge >= 0.3 is 0 Å². The van der Waals surface area contributed by atoms with Crippen LogP contribution < -0.4 is 10.6 Å². The minimum absolute atomic E-state index is 0.0176. The summed E-state index contributed by atoms with van der Waals surface area (Å²) in [6, 6.07) is 11.9. The Hall–Kier alpha value is -1.36. The van der Waals surface area contributed by atoms with Gasteiger partial charge in [-0.1, -0.05) is 35.9 Å². The van der Waals surface area contributed by atoms with Crippen molar-refractivity contribution >= 4 is 39.1 Å². The molecule has 1 atom stereocenters. The first-order valence-electron chi connectivity index (χ1n) is 6.64. The van der Waals surface area contributed by atoms with Crippen LogP contribution in [0.4, 0.5) is 5.69 Å². The molecule has 0 radical (unpaired) electrons. The van der Waals surface area contributed by atoms with E-state index < -0.39 is 0 Å². The molecular weight excluding hydrogens is 352 g/mol. The lowest BCUT2D eigenvalue weighted by molar-refractivity contribution is -0.115. The third kappa shape index (κ3) is 2.71. The first-order chi connectivity index (χ1) is 10.1. The molecule has 1 amide bonds. The minimum Gasteiger partial charge on any atom is -0.326 e. The molecule has 3 rings (SSSR count). The second-order valence-electron chi connectivity index (χ2n) is 5.01. The fourth-order valence-electron chi connectivity index (χ4n) is 2.67. The average Bonchev–Trinajstić information content (AvgIpc) is 2.83. The fourth-order valence-corrected chi connectivity index (χ4v) is 3.29. The van der Waals surface area contributed by atoms with Crippen molar-refractivity contribution in [2.45, 2.75) is 12.5 Å². The lowest BCUT2D eigenvalue weighted by Crippen LogP contribution is -2.18. The number of carbonyl (C=O) groups excluding carboxylic acids is 1. The SMILES string of the molecule is CNC(c1ccc2c(c1)CC(=O)N2)c1cccc(Br)c1Cl. The number of nitrogens with one attached hydrogen (secondary N) is 2. The zero-order valence-corrected chi connectivity index (χ0v) is 13.8. The molecule has 5 heteroatoms. The summed E-state index contributed by atoms with van der Waals surface area (Å²) in [6.07, 6.45) is 0.436. The lowest BCUT2D eigenvalue weighted by Gasteiger charge is -2.20. The van der Waals surface area contributed by atoms with E-state index in [4.69, 9.17) is 11.6 Å². The van der Waals surface area contributed by atoms with Crippen LogP contribution in [0.15, 0.2) is 40.9 Å². The van der Waals surface area contributed by atoms with Crippen molar-refractivity contribution in [2.24, 2.45) is 0 Å².